The molecular weight excluding hydrogens is 272 g/mol. The molecule has 0 aliphatic carbocycles. The average Bonchev–Trinajstić information content (AvgIpc) is 3.16. The lowest BCUT2D eigenvalue weighted by atomic mass is 10.3. The summed E-state index contributed by atoms with van der Waals surface area (Å²) in [6.45, 7) is 3.62. The number of hydrogen-bond donors (Lipinski definition) is 1. The van der Waals surface area contributed by atoms with Crippen molar-refractivity contribution in [3.63, 3.8) is 0 Å². The van der Waals surface area contributed by atoms with E-state index in [1.807, 2.05) is 11.5 Å². The van der Waals surface area contributed by atoms with Gasteiger partial charge in [-0.1, -0.05) is 0 Å². The number of nitrogens with one attached hydrogen (secondary N) is 1. The van der Waals surface area contributed by atoms with E-state index in [1.165, 1.54) is 0 Å². The van der Waals surface area contributed by atoms with Crippen molar-refractivity contribution in [3.8, 4) is 0 Å². The van der Waals surface area contributed by atoms with Gasteiger partial charge in [0, 0.05) is 32.7 Å². The van der Waals surface area contributed by atoms with Gasteiger partial charge in [0.2, 0.25) is 5.91 Å². The fourth-order valence-corrected chi connectivity index (χ4v) is 1.93. The van der Waals surface area contributed by atoms with Crippen molar-refractivity contribution in [1.82, 2.24) is 29.6 Å². The molecule has 2 aromatic rings. The van der Waals surface area contributed by atoms with E-state index in [2.05, 4.69) is 20.5 Å². The van der Waals surface area contributed by atoms with Crippen LogP contribution in [0.4, 0.5) is 0 Å². The summed E-state index contributed by atoms with van der Waals surface area (Å²) >= 11 is 0. The number of carbonyl (C=O) groups excluding carboxylic acids is 1. The minimum atomic E-state index is -0.308. The summed E-state index contributed by atoms with van der Waals surface area (Å²) in [5, 5.41) is 10.8. The molecular formula is C13H20N6O2. The molecule has 1 atom stereocenters. The highest BCUT2D eigenvalue weighted by Gasteiger charge is 2.14. The summed E-state index contributed by atoms with van der Waals surface area (Å²) < 4.78 is 8.68. The molecule has 8 nitrogen and oxygen atoms in total. The minimum absolute atomic E-state index is 0.0839. The molecule has 21 heavy (non-hydrogen) atoms. The Morgan fingerprint density at radius 3 is 3.05 bits per heavy atom. The summed E-state index contributed by atoms with van der Waals surface area (Å²) in [6.07, 6.45) is 7.57. The lowest BCUT2D eigenvalue weighted by molar-refractivity contribution is -0.124. The molecule has 0 aliphatic rings. The van der Waals surface area contributed by atoms with E-state index in [-0.39, 0.29) is 11.9 Å². The molecule has 0 saturated carbocycles. The Hall–Kier alpha value is -2.22. The van der Waals surface area contributed by atoms with Gasteiger partial charge in [0.15, 0.2) is 5.82 Å². The Morgan fingerprint density at radius 1 is 1.48 bits per heavy atom. The van der Waals surface area contributed by atoms with Crippen LogP contribution < -0.4 is 5.32 Å². The molecule has 0 saturated heterocycles. The number of ether oxygens (including phenoxy) is 1. The number of hydrogen-bond acceptors (Lipinski definition) is 5. The fourth-order valence-electron chi connectivity index (χ4n) is 1.93. The van der Waals surface area contributed by atoms with Crippen LogP contribution in [-0.2, 0) is 22.6 Å². The van der Waals surface area contributed by atoms with Crippen LogP contribution in [0.25, 0.3) is 0 Å². The van der Waals surface area contributed by atoms with Crippen molar-refractivity contribution in [2.75, 3.05) is 13.7 Å². The van der Waals surface area contributed by atoms with Gasteiger partial charge in [-0.3, -0.25) is 4.79 Å². The van der Waals surface area contributed by atoms with Crippen LogP contribution in [0.3, 0.4) is 0 Å². The molecule has 0 radical (unpaired) electrons. The van der Waals surface area contributed by atoms with E-state index in [9.17, 15) is 4.79 Å². The molecule has 114 valence electrons. The number of aromatic nitrogens is 5. The van der Waals surface area contributed by atoms with Crippen LogP contribution in [0.1, 0.15) is 25.2 Å². The largest absolute Gasteiger partial charge is 0.385 e. The zero-order valence-corrected chi connectivity index (χ0v) is 12.3. The number of nitrogens with zero attached hydrogens (tertiary/aromatic N) is 5. The first-order chi connectivity index (χ1) is 10.2. The summed E-state index contributed by atoms with van der Waals surface area (Å²) in [5.74, 6) is 0.650. The van der Waals surface area contributed by atoms with Gasteiger partial charge in [0.1, 0.15) is 12.4 Å². The van der Waals surface area contributed by atoms with E-state index in [4.69, 9.17) is 4.74 Å². The maximum absolute atomic E-state index is 12.1. The zero-order valence-electron chi connectivity index (χ0n) is 12.3. The molecule has 1 amide bonds. The standard InChI is InChI=1S/C13H20N6O2/c1-11(18-6-4-14-9-18)13(20)15-8-12-17-16-10-19(12)5-3-7-21-2/h4,6,9-11H,3,5,7-8H2,1-2H3,(H,15,20). The molecule has 2 rings (SSSR count). The maximum Gasteiger partial charge on any atom is 0.243 e. The van der Waals surface area contributed by atoms with Gasteiger partial charge < -0.3 is 19.2 Å². The molecule has 1 unspecified atom stereocenters. The molecule has 0 bridgehead atoms. The van der Waals surface area contributed by atoms with Crippen molar-refractivity contribution in [2.45, 2.75) is 32.5 Å². The van der Waals surface area contributed by atoms with Crippen LogP contribution in [0.5, 0.6) is 0 Å². The fraction of sp³-hybridized carbons (Fsp3) is 0.538. The molecule has 0 aromatic carbocycles. The average molecular weight is 292 g/mol. The number of methoxy groups -OCH3 is 1. The summed E-state index contributed by atoms with van der Waals surface area (Å²) in [7, 11) is 1.67. The van der Waals surface area contributed by atoms with Crippen LogP contribution in [0.15, 0.2) is 25.0 Å². The highest BCUT2D eigenvalue weighted by molar-refractivity contribution is 5.79. The highest BCUT2D eigenvalue weighted by atomic mass is 16.5. The topological polar surface area (TPSA) is 86.9 Å². The Kier molecular flexibility index (Phi) is 5.44. The number of imidazole rings is 1. The molecule has 0 aliphatic heterocycles. The van der Waals surface area contributed by atoms with Crippen molar-refractivity contribution in [3.05, 3.63) is 30.9 Å². The van der Waals surface area contributed by atoms with Crippen LogP contribution >= 0.6 is 0 Å². The van der Waals surface area contributed by atoms with Crippen LogP contribution in [0, 0.1) is 0 Å². The monoisotopic (exact) mass is 292 g/mol. The predicted octanol–water partition coefficient (Wildman–Crippen LogP) is 0.389. The first-order valence-corrected chi connectivity index (χ1v) is 6.83. The van der Waals surface area contributed by atoms with Crippen molar-refractivity contribution < 1.29 is 9.53 Å². The molecule has 8 heteroatoms. The number of carbonyl (C=O) groups is 1. The molecule has 0 spiro atoms. The normalized spacial score (nSPS) is 12.3. The van der Waals surface area contributed by atoms with E-state index in [1.54, 1.807) is 36.7 Å². The van der Waals surface area contributed by atoms with Gasteiger partial charge in [-0.05, 0) is 13.3 Å². The molecule has 2 aromatic heterocycles. The van der Waals surface area contributed by atoms with Crippen LogP contribution in [0.2, 0.25) is 0 Å². The van der Waals surface area contributed by atoms with Crippen molar-refractivity contribution >= 4 is 5.91 Å². The zero-order chi connectivity index (χ0) is 15.1. The van der Waals surface area contributed by atoms with E-state index < -0.39 is 0 Å². The number of aryl methyl sites for hydroxylation is 1. The predicted molar refractivity (Wildman–Crippen MR) is 75.3 cm³/mol. The van der Waals surface area contributed by atoms with Gasteiger partial charge in [0.05, 0.1) is 12.9 Å². The third-order valence-electron chi connectivity index (χ3n) is 3.22. The first-order valence-electron chi connectivity index (χ1n) is 6.83. The van der Waals surface area contributed by atoms with Gasteiger partial charge in [-0.2, -0.15) is 0 Å². The Labute approximate surface area is 123 Å². The SMILES string of the molecule is COCCCn1cnnc1CNC(=O)C(C)n1ccnc1. The lowest BCUT2D eigenvalue weighted by Gasteiger charge is -2.13. The molecule has 2 heterocycles. The Bertz CT molecular complexity index is 551. The highest BCUT2D eigenvalue weighted by Crippen LogP contribution is 2.05. The lowest BCUT2D eigenvalue weighted by Crippen LogP contribution is -2.31. The second-order valence-electron chi connectivity index (χ2n) is 4.69. The molecule has 0 fully saturated rings. The maximum atomic E-state index is 12.1. The first kappa shape index (κ1) is 15.2. The van der Waals surface area contributed by atoms with Crippen molar-refractivity contribution in [2.24, 2.45) is 0 Å². The van der Waals surface area contributed by atoms with E-state index >= 15 is 0 Å². The second-order valence-corrected chi connectivity index (χ2v) is 4.69. The minimum Gasteiger partial charge on any atom is -0.385 e. The second kappa shape index (κ2) is 7.53. The smallest absolute Gasteiger partial charge is 0.243 e. The van der Waals surface area contributed by atoms with E-state index in [0.29, 0.717) is 13.2 Å². The van der Waals surface area contributed by atoms with Gasteiger partial charge in [-0.25, -0.2) is 4.98 Å². The van der Waals surface area contributed by atoms with Crippen molar-refractivity contribution in [1.29, 1.82) is 0 Å². The van der Waals surface area contributed by atoms with Gasteiger partial charge in [0.25, 0.3) is 0 Å². The third-order valence-corrected chi connectivity index (χ3v) is 3.22. The van der Waals surface area contributed by atoms with Gasteiger partial charge >= 0.3 is 0 Å². The quantitative estimate of drug-likeness (QED) is 0.711. The Morgan fingerprint density at radius 2 is 2.33 bits per heavy atom. The third kappa shape index (κ3) is 4.12. The van der Waals surface area contributed by atoms with E-state index in [0.717, 1.165) is 18.8 Å². The Balaban J connectivity index is 1.85. The van der Waals surface area contributed by atoms with Gasteiger partial charge in [-0.15, -0.1) is 10.2 Å². The number of amides is 1. The number of rotatable bonds is 8. The molecule has 1 N–H and O–H groups in total. The van der Waals surface area contributed by atoms with Crippen LogP contribution in [-0.4, -0.2) is 43.9 Å². The summed E-state index contributed by atoms with van der Waals surface area (Å²) in [5.41, 5.74) is 0. The summed E-state index contributed by atoms with van der Waals surface area (Å²) in [4.78, 5) is 16.0. The summed E-state index contributed by atoms with van der Waals surface area (Å²) in [6, 6.07) is -0.308.